The lowest BCUT2D eigenvalue weighted by Gasteiger charge is -2.30. The lowest BCUT2D eigenvalue weighted by atomic mass is 9.93. The molecular weight excluding hydrogens is 374 g/mol. The second-order valence-electron chi connectivity index (χ2n) is 8.11. The van der Waals surface area contributed by atoms with Crippen LogP contribution in [-0.2, 0) is 4.79 Å². The molecule has 1 aliphatic heterocycles. The molecule has 1 fully saturated rings. The van der Waals surface area contributed by atoms with Gasteiger partial charge in [0.2, 0.25) is 0 Å². The van der Waals surface area contributed by atoms with Crippen molar-refractivity contribution in [2.75, 3.05) is 33.9 Å². The van der Waals surface area contributed by atoms with Crippen LogP contribution in [0.15, 0.2) is 59.7 Å². The van der Waals surface area contributed by atoms with E-state index in [4.69, 9.17) is 9.47 Å². The van der Waals surface area contributed by atoms with Gasteiger partial charge in [-0.15, -0.1) is 0 Å². The summed E-state index contributed by atoms with van der Waals surface area (Å²) in [7, 11) is 3.31. The van der Waals surface area contributed by atoms with Crippen LogP contribution in [0.4, 0.5) is 0 Å². The average molecular weight is 406 g/mol. The molecule has 1 heterocycles. The van der Waals surface area contributed by atoms with Crippen LogP contribution in [0.5, 0.6) is 11.5 Å². The lowest BCUT2D eigenvalue weighted by molar-refractivity contribution is -0.113. The third kappa shape index (κ3) is 5.83. The minimum absolute atomic E-state index is 0.112. The number of ether oxygens (including phenoxy) is 2. The molecule has 2 aromatic rings. The van der Waals surface area contributed by atoms with Crippen LogP contribution in [0, 0.1) is 5.92 Å². The summed E-state index contributed by atoms with van der Waals surface area (Å²) < 4.78 is 10.7. The summed E-state index contributed by atoms with van der Waals surface area (Å²) in [4.78, 5) is 15.7. The van der Waals surface area contributed by atoms with Gasteiger partial charge >= 0.3 is 0 Å². The zero-order valence-corrected chi connectivity index (χ0v) is 18.4. The summed E-state index contributed by atoms with van der Waals surface area (Å²) in [5.41, 5.74) is 3.58. The van der Waals surface area contributed by atoms with Gasteiger partial charge in [0.15, 0.2) is 5.78 Å². The first-order chi connectivity index (χ1) is 14.5. The van der Waals surface area contributed by atoms with Crippen molar-refractivity contribution in [1.82, 2.24) is 4.90 Å². The number of hydrogen-bond donors (Lipinski definition) is 0. The molecule has 3 rings (SSSR count). The third-order valence-electron chi connectivity index (χ3n) is 5.26. The number of ketones is 1. The summed E-state index contributed by atoms with van der Waals surface area (Å²) in [5, 5.41) is 0. The van der Waals surface area contributed by atoms with Crippen molar-refractivity contribution in [3.8, 4) is 11.5 Å². The van der Waals surface area contributed by atoms with E-state index in [1.165, 1.54) is 0 Å². The van der Waals surface area contributed by atoms with Gasteiger partial charge in [-0.1, -0.05) is 38.1 Å². The second kappa shape index (κ2) is 10.3. The molecule has 0 aliphatic carbocycles. The van der Waals surface area contributed by atoms with E-state index in [1.54, 1.807) is 14.2 Å². The van der Waals surface area contributed by atoms with Crippen LogP contribution in [0.25, 0.3) is 12.2 Å². The number of carbonyl (C=O) groups is 1. The van der Waals surface area contributed by atoms with Crippen molar-refractivity contribution in [2.24, 2.45) is 5.92 Å². The largest absolute Gasteiger partial charge is 0.497 e. The Hall–Kier alpha value is -2.85. The number of hydrogen-bond acceptors (Lipinski definition) is 4. The van der Waals surface area contributed by atoms with Crippen LogP contribution < -0.4 is 9.47 Å². The standard InChI is InChI=1S/C26H31NO3/c1-19(2)11-12-27-17-22(13-20-7-5-9-24(15-20)29-3)26(28)23(18-27)14-21-8-6-10-25(16-21)30-4/h5-10,13-16,19H,11-12,17-18H2,1-4H3/b22-13+,23-14+. The van der Waals surface area contributed by atoms with Gasteiger partial charge in [0.25, 0.3) is 0 Å². The maximum absolute atomic E-state index is 13.3. The Morgan fingerprint density at radius 1 is 0.900 bits per heavy atom. The molecule has 0 N–H and O–H groups in total. The highest BCUT2D eigenvalue weighted by molar-refractivity contribution is 6.14. The number of benzene rings is 2. The summed E-state index contributed by atoms with van der Waals surface area (Å²) >= 11 is 0. The maximum atomic E-state index is 13.3. The van der Waals surface area contributed by atoms with E-state index >= 15 is 0 Å². The number of methoxy groups -OCH3 is 2. The molecule has 4 nitrogen and oxygen atoms in total. The van der Waals surface area contributed by atoms with Crippen LogP contribution >= 0.6 is 0 Å². The van der Waals surface area contributed by atoms with Gasteiger partial charge in [0, 0.05) is 24.2 Å². The zero-order valence-electron chi connectivity index (χ0n) is 18.4. The first-order valence-corrected chi connectivity index (χ1v) is 10.4. The van der Waals surface area contributed by atoms with Crippen molar-refractivity contribution in [3.05, 3.63) is 70.8 Å². The van der Waals surface area contributed by atoms with Gasteiger partial charge in [0.05, 0.1) is 14.2 Å². The van der Waals surface area contributed by atoms with E-state index in [0.29, 0.717) is 19.0 Å². The zero-order chi connectivity index (χ0) is 21.5. The summed E-state index contributed by atoms with van der Waals surface area (Å²) in [6.45, 7) is 6.76. The highest BCUT2D eigenvalue weighted by Crippen LogP contribution is 2.25. The van der Waals surface area contributed by atoms with Crippen LogP contribution in [0.1, 0.15) is 31.4 Å². The summed E-state index contributed by atoms with van der Waals surface area (Å²) in [6.07, 6.45) is 5.09. The van der Waals surface area contributed by atoms with Crippen molar-refractivity contribution in [3.63, 3.8) is 0 Å². The van der Waals surface area contributed by atoms with Crippen LogP contribution in [0.3, 0.4) is 0 Å². The first kappa shape index (κ1) is 21.8. The highest BCUT2D eigenvalue weighted by atomic mass is 16.5. The Bertz CT molecular complexity index is 873. The predicted molar refractivity (Wildman–Crippen MR) is 123 cm³/mol. The highest BCUT2D eigenvalue weighted by Gasteiger charge is 2.26. The number of likely N-dealkylation sites (tertiary alicyclic amines) is 1. The lowest BCUT2D eigenvalue weighted by Crippen LogP contribution is -2.38. The fourth-order valence-corrected chi connectivity index (χ4v) is 3.57. The molecular formula is C26H31NO3. The molecule has 0 bridgehead atoms. The molecule has 1 aliphatic rings. The minimum Gasteiger partial charge on any atom is -0.497 e. The first-order valence-electron chi connectivity index (χ1n) is 10.4. The smallest absolute Gasteiger partial charge is 0.187 e. The SMILES string of the molecule is COc1cccc(/C=C2\CN(CCC(C)C)C/C(=C\c3cccc(OC)c3)C2=O)c1. The number of carbonyl (C=O) groups excluding carboxylic acids is 1. The van der Waals surface area contributed by atoms with E-state index in [9.17, 15) is 4.79 Å². The van der Waals surface area contributed by atoms with Gasteiger partial charge in [-0.05, 0) is 66.4 Å². The number of nitrogens with zero attached hydrogens (tertiary/aromatic N) is 1. The second-order valence-corrected chi connectivity index (χ2v) is 8.11. The fraction of sp³-hybridized carbons (Fsp3) is 0.346. The van der Waals surface area contributed by atoms with Gasteiger partial charge < -0.3 is 9.47 Å². The van der Waals surface area contributed by atoms with E-state index in [-0.39, 0.29) is 5.78 Å². The molecule has 158 valence electrons. The topological polar surface area (TPSA) is 38.8 Å². The molecule has 0 unspecified atom stereocenters. The summed E-state index contributed by atoms with van der Waals surface area (Å²) in [5.74, 6) is 2.31. The Morgan fingerprint density at radius 3 is 1.83 bits per heavy atom. The monoisotopic (exact) mass is 405 g/mol. The minimum atomic E-state index is 0.112. The molecule has 0 saturated carbocycles. The normalized spacial score (nSPS) is 17.7. The van der Waals surface area contributed by atoms with E-state index in [1.807, 2.05) is 60.7 Å². The molecule has 30 heavy (non-hydrogen) atoms. The molecule has 0 spiro atoms. The van der Waals surface area contributed by atoms with Crippen molar-refractivity contribution < 1.29 is 14.3 Å². The van der Waals surface area contributed by atoms with Gasteiger partial charge in [-0.2, -0.15) is 0 Å². The Morgan fingerprint density at radius 2 is 1.40 bits per heavy atom. The maximum Gasteiger partial charge on any atom is 0.187 e. The fourth-order valence-electron chi connectivity index (χ4n) is 3.57. The average Bonchev–Trinajstić information content (AvgIpc) is 2.75. The van der Waals surface area contributed by atoms with Crippen molar-refractivity contribution in [2.45, 2.75) is 20.3 Å². The van der Waals surface area contributed by atoms with E-state index < -0.39 is 0 Å². The van der Waals surface area contributed by atoms with Gasteiger partial charge in [-0.25, -0.2) is 0 Å². The van der Waals surface area contributed by atoms with Crippen molar-refractivity contribution in [1.29, 1.82) is 0 Å². The number of Topliss-reactive ketones (excluding diaryl/α,β-unsaturated/α-hetero) is 1. The molecule has 4 heteroatoms. The Balaban J connectivity index is 1.93. The van der Waals surface area contributed by atoms with Crippen molar-refractivity contribution >= 4 is 17.9 Å². The Kier molecular flexibility index (Phi) is 7.47. The Labute approximate surface area is 179 Å². The predicted octanol–water partition coefficient (Wildman–Crippen LogP) is 5.10. The quantitative estimate of drug-likeness (QED) is 0.601. The van der Waals surface area contributed by atoms with E-state index in [0.717, 1.165) is 46.7 Å². The van der Waals surface area contributed by atoms with Gasteiger partial charge in [-0.3, -0.25) is 9.69 Å². The van der Waals surface area contributed by atoms with Crippen LogP contribution in [0.2, 0.25) is 0 Å². The molecule has 1 saturated heterocycles. The third-order valence-corrected chi connectivity index (χ3v) is 5.26. The van der Waals surface area contributed by atoms with Crippen LogP contribution in [-0.4, -0.2) is 44.5 Å². The number of piperidine rings is 1. The van der Waals surface area contributed by atoms with E-state index in [2.05, 4.69) is 18.7 Å². The molecule has 0 aromatic heterocycles. The van der Waals surface area contributed by atoms with Gasteiger partial charge in [0.1, 0.15) is 11.5 Å². The molecule has 0 amide bonds. The molecule has 0 atom stereocenters. The molecule has 2 aromatic carbocycles. The molecule has 0 radical (unpaired) electrons. The number of rotatable bonds is 7. The summed E-state index contributed by atoms with van der Waals surface area (Å²) in [6, 6.07) is 15.6.